The molecule has 3 heterocycles. The summed E-state index contributed by atoms with van der Waals surface area (Å²) in [5.41, 5.74) is 2.05. The fraction of sp³-hybridized carbons (Fsp3) is 0.360. The van der Waals surface area contributed by atoms with Crippen molar-refractivity contribution < 1.29 is 13.2 Å². The average molecular weight is 763 g/mol. The van der Waals surface area contributed by atoms with E-state index in [1.807, 2.05) is 0 Å². The van der Waals surface area contributed by atoms with E-state index < -0.39 is 10.0 Å². The van der Waals surface area contributed by atoms with E-state index in [4.69, 9.17) is 0 Å². The Hall–Kier alpha value is -1.33. The molecule has 2 atom stereocenters. The first-order valence-electron chi connectivity index (χ1n) is 12.0. The number of anilines is 2. The second kappa shape index (κ2) is 11.4. The van der Waals surface area contributed by atoms with Crippen LogP contribution >= 0.6 is 56.5 Å². The molecule has 5 rings (SSSR count). The maximum Gasteiger partial charge on any atom is 0.263 e. The summed E-state index contributed by atoms with van der Waals surface area (Å²) < 4.78 is 30.3. The monoisotopic (exact) mass is 763 g/mol. The van der Waals surface area contributed by atoms with Crippen LogP contribution in [-0.2, 0) is 14.8 Å². The Labute approximate surface area is 248 Å². The smallest absolute Gasteiger partial charge is 0.263 e. The zero-order valence-electron chi connectivity index (χ0n) is 20.2. The third-order valence-corrected chi connectivity index (χ3v) is 12.1. The summed E-state index contributed by atoms with van der Waals surface area (Å²) in [6.45, 7) is 6.45. The average Bonchev–Trinajstić information content (AvgIpc) is 3.54. The molecule has 0 radical (unpaired) electrons. The molecule has 0 unspecified atom stereocenters. The molecule has 8 nitrogen and oxygen atoms in total. The Kier molecular flexibility index (Phi) is 8.41. The Balaban J connectivity index is 1.19. The molecule has 1 N–H and O–H groups in total. The minimum Gasteiger partial charge on any atom is -0.311 e. The molecule has 0 spiro atoms. The van der Waals surface area contributed by atoms with Gasteiger partial charge in [-0.2, -0.15) is 0 Å². The molecule has 2 aliphatic heterocycles. The van der Waals surface area contributed by atoms with Gasteiger partial charge in [0.05, 0.1) is 10.9 Å². The van der Waals surface area contributed by atoms with Gasteiger partial charge in [0, 0.05) is 63.2 Å². The van der Waals surface area contributed by atoms with Gasteiger partial charge in [0.25, 0.3) is 10.0 Å². The van der Waals surface area contributed by atoms with Crippen LogP contribution in [0.4, 0.5) is 10.8 Å². The number of hydrogen-bond donors (Lipinski definition) is 1. The van der Waals surface area contributed by atoms with Crippen LogP contribution in [0, 0.1) is 7.14 Å². The molecule has 196 valence electrons. The Morgan fingerprint density at radius 3 is 2.41 bits per heavy atom. The van der Waals surface area contributed by atoms with Crippen molar-refractivity contribution in [1.82, 2.24) is 14.8 Å². The number of rotatable bonds is 7. The van der Waals surface area contributed by atoms with Crippen molar-refractivity contribution in [3.63, 3.8) is 0 Å². The molecule has 0 aliphatic carbocycles. The summed E-state index contributed by atoms with van der Waals surface area (Å²) in [6.07, 6.45) is 2.32. The largest absolute Gasteiger partial charge is 0.311 e. The summed E-state index contributed by atoms with van der Waals surface area (Å²) in [6, 6.07) is 13.4. The van der Waals surface area contributed by atoms with E-state index in [2.05, 4.69) is 89.8 Å². The number of halogens is 2. The van der Waals surface area contributed by atoms with Crippen LogP contribution in [0.1, 0.15) is 24.9 Å². The van der Waals surface area contributed by atoms with E-state index in [1.165, 1.54) is 36.2 Å². The second-order valence-electron chi connectivity index (χ2n) is 9.15. The number of amides is 1. The standard InChI is InChI=1S/C25H27I2N5O3S2/c1-17(18-2-7-21(26)22(27)16-18)30-11-13-31(14-12-30)23-8-10-32(24(23)33)19-3-5-20(6-4-19)37(34,35)29-25-28-9-15-36-25/h2-7,9,15-17,23H,8,10-14H2,1H3,(H,28,29)/t17-,23-/m0/s1. The van der Waals surface area contributed by atoms with Crippen LogP contribution in [0.3, 0.4) is 0 Å². The predicted octanol–water partition coefficient (Wildman–Crippen LogP) is 4.64. The van der Waals surface area contributed by atoms with Crippen LogP contribution in [-0.4, -0.2) is 67.9 Å². The second-order valence-corrected chi connectivity index (χ2v) is 14.1. The molecule has 1 amide bonds. The molecule has 1 aromatic heterocycles. The molecular weight excluding hydrogens is 736 g/mol. The number of nitrogens with zero attached hydrogens (tertiary/aromatic N) is 4. The third-order valence-electron chi connectivity index (χ3n) is 7.05. The minimum atomic E-state index is -3.72. The van der Waals surface area contributed by atoms with Crippen LogP contribution in [0.2, 0.25) is 0 Å². The van der Waals surface area contributed by atoms with E-state index in [0.717, 1.165) is 38.3 Å². The summed E-state index contributed by atoms with van der Waals surface area (Å²) in [4.78, 5) is 24.0. The van der Waals surface area contributed by atoms with Gasteiger partial charge in [-0.25, -0.2) is 13.4 Å². The number of aromatic nitrogens is 1. The highest BCUT2D eigenvalue weighted by atomic mass is 127. The zero-order chi connectivity index (χ0) is 26.2. The van der Waals surface area contributed by atoms with Crippen molar-refractivity contribution >= 4 is 83.3 Å². The molecule has 37 heavy (non-hydrogen) atoms. The molecule has 2 aromatic carbocycles. The fourth-order valence-electron chi connectivity index (χ4n) is 4.93. The SMILES string of the molecule is C[C@@H](c1ccc(I)c(I)c1)N1CCN([C@H]2CCN(c3ccc(S(=O)(=O)Nc4nccs4)cc3)C2=O)CC1. The molecule has 2 saturated heterocycles. The quantitative estimate of drug-likeness (QED) is 0.354. The highest BCUT2D eigenvalue weighted by molar-refractivity contribution is 14.1. The molecular formula is C25H27I2N5O3S2. The number of sulfonamides is 1. The van der Waals surface area contributed by atoms with Crippen LogP contribution < -0.4 is 9.62 Å². The van der Waals surface area contributed by atoms with Crippen molar-refractivity contribution in [2.45, 2.75) is 30.3 Å². The molecule has 0 saturated carbocycles. The van der Waals surface area contributed by atoms with Gasteiger partial charge in [0.2, 0.25) is 5.91 Å². The van der Waals surface area contributed by atoms with Crippen molar-refractivity contribution in [3.8, 4) is 0 Å². The first kappa shape index (κ1) is 27.2. The first-order chi connectivity index (χ1) is 17.7. The lowest BCUT2D eigenvalue weighted by Gasteiger charge is -2.40. The molecule has 0 bridgehead atoms. The van der Waals surface area contributed by atoms with Gasteiger partial charge in [-0.15, -0.1) is 11.3 Å². The highest BCUT2D eigenvalue weighted by Gasteiger charge is 2.38. The van der Waals surface area contributed by atoms with E-state index in [0.29, 0.717) is 17.7 Å². The third kappa shape index (κ3) is 5.98. The lowest BCUT2D eigenvalue weighted by Crippen LogP contribution is -2.52. The summed E-state index contributed by atoms with van der Waals surface area (Å²) >= 11 is 5.97. The molecule has 2 aliphatic rings. The van der Waals surface area contributed by atoms with Crippen LogP contribution in [0.15, 0.2) is 58.9 Å². The van der Waals surface area contributed by atoms with E-state index >= 15 is 0 Å². The Morgan fingerprint density at radius 1 is 1.03 bits per heavy atom. The number of thiazole rings is 1. The van der Waals surface area contributed by atoms with Crippen molar-refractivity contribution in [3.05, 3.63) is 66.7 Å². The van der Waals surface area contributed by atoms with Crippen LogP contribution in [0.25, 0.3) is 0 Å². The number of benzene rings is 2. The molecule has 2 fully saturated rings. The summed E-state index contributed by atoms with van der Waals surface area (Å²) in [5, 5.41) is 2.03. The van der Waals surface area contributed by atoms with Gasteiger partial charge >= 0.3 is 0 Å². The van der Waals surface area contributed by atoms with Gasteiger partial charge in [-0.1, -0.05) is 6.07 Å². The number of carbonyl (C=O) groups excluding carboxylic acids is 1. The van der Waals surface area contributed by atoms with E-state index in [1.54, 1.807) is 28.6 Å². The minimum absolute atomic E-state index is 0.0882. The van der Waals surface area contributed by atoms with Crippen molar-refractivity contribution in [2.75, 3.05) is 42.3 Å². The first-order valence-corrected chi connectivity index (χ1v) is 16.5. The normalized spacial score (nSPS) is 20.4. The molecule has 12 heteroatoms. The number of piperazine rings is 1. The number of carbonyl (C=O) groups is 1. The highest BCUT2D eigenvalue weighted by Crippen LogP contribution is 2.29. The van der Waals surface area contributed by atoms with Crippen molar-refractivity contribution in [1.29, 1.82) is 0 Å². The lowest BCUT2D eigenvalue weighted by atomic mass is 10.1. The summed E-state index contributed by atoms with van der Waals surface area (Å²) in [5.74, 6) is 0.0882. The Morgan fingerprint density at radius 2 is 1.76 bits per heavy atom. The van der Waals surface area contributed by atoms with E-state index in [9.17, 15) is 13.2 Å². The number of hydrogen-bond acceptors (Lipinski definition) is 7. The van der Waals surface area contributed by atoms with Gasteiger partial charge < -0.3 is 4.90 Å². The van der Waals surface area contributed by atoms with Gasteiger partial charge in [-0.05, 0) is 100 Å². The maximum atomic E-state index is 13.3. The van der Waals surface area contributed by atoms with Gasteiger partial charge in [0.1, 0.15) is 0 Å². The van der Waals surface area contributed by atoms with Crippen molar-refractivity contribution in [2.24, 2.45) is 0 Å². The lowest BCUT2D eigenvalue weighted by molar-refractivity contribution is -0.122. The topological polar surface area (TPSA) is 85.8 Å². The maximum absolute atomic E-state index is 13.3. The zero-order valence-corrected chi connectivity index (χ0v) is 26.1. The predicted molar refractivity (Wildman–Crippen MR) is 164 cm³/mol. The van der Waals surface area contributed by atoms with Gasteiger partial charge in [0.15, 0.2) is 5.13 Å². The summed E-state index contributed by atoms with van der Waals surface area (Å²) in [7, 11) is -3.72. The fourth-order valence-corrected chi connectivity index (χ4v) is 7.60. The molecule has 3 aromatic rings. The number of nitrogens with one attached hydrogen (secondary N) is 1. The van der Waals surface area contributed by atoms with Crippen LogP contribution in [0.5, 0.6) is 0 Å². The van der Waals surface area contributed by atoms with E-state index in [-0.39, 0.29) is 16.8 Å². The Bertz CT molecular complexity index is 1360. The van der Waals surface area contributed by atoms with Gasteiger partial charge in [-0.3, -0.25) is 19.3 Å².